The molecule has 2 heterocycles. The number of sulfonamides is 1. The minimum Gasteiger partial charge on any atom is -0.487 e. The van der Waals surface area contributed by atoms with E-state index in [9.17, 15) is 23.4 Å². The molecule has 1 aliphatic heterocycles. The van der Waals surface area contributed by atoms with E-state index in [0.29, 0.717) is 42.3 Å². The van der Waals surface area contributed by atoms with Crippen LogP contribution in [0.25, 0.3) is 0 Å². The summed E-state index contributed by atoms with van der Waals surface area (Å²) in [5, 5.41) is 27.1. The molecule has 0 spiro atoms. The number of unbranched alkanes of at least 4 members (excludes halogenated alkanes) is 2. The van der Waals surface area contributed by atoms with Crippen LogP contribution in [0.15, 0.2) is 95.0 Å². The van der Waals surface area contributed by atoms with E-state index in [1.54, 1.807) is 18.2 Å². The van der Waals surface area contributed by atoms with E-state index in [0.717, 1.165) is 48.2 Å². The smallest absolute Gasteiger partial charge is 0.243 e. The topological polar surface area (TPSA) is 169 Å². The van der Waals surface area contributed by atoms with Gasteiger partial charge < -0.3 is 34.6 Å². The van der Waals surface area contributed by atoms with Crippen LogP contribution in [0.2, 0.25) is 0 Å². The monoisotopic (exact) mass is 830 g/mol. The lowest BCUT2D eigenvalue weighted by atomic mass is 9.55. The van der Waals surface area contributed by atoms with Crippen molar-refractivity contribution >= 4 is 27.3 Å². The lowest BCUT2D eigenvalue weighted by Gasteiger charge is -2.59. The standard InChI is InChI=1S/C45H58N4O9S/c1-6-25-56-45-42(49(5)59(53,54)36-20-17-33(18-21-36)47-31(4)52)28-40(48-57-7-2)38-26-32(14-8-10-23-50)37(16-9-11-24-51)43(44(38)45)39-27-35(19-22-41(39)58-45)55-29-34-15-12-13-30(3)46-34/h6,12-13,15,17-22,26-27,32,37,42-44,50-51H,1,7-11,14,16,23-25,28-29H2,2-5H3,(H,47,52). The van der Waals surface area contributed by atoms with Gasteiger partial charge in [-0.15, -0.1) is 6.58 Å². The van der Waals surface area contributed by atoms with Crippen molar-refractivity contribution in [3.63, 3.8) is 0 Å². The number of amides is 1. The summed E-state index contributed by atoms with van der Waals surface area (Å²) < 4.78 is 51.2. The zero-order valence-electron chi connectivity index (χ0n) is 34.5. The van der Waals surface area contributed by atoms with Crippen molar-refractivity contribution in [2.45, 2.75) is 95.0 Å². The van der Waals surface area contributed by atoms with E-state index >= 15 is 0 Å². The van der Waals surface area contributed by atoms with Gasteiger partial charge in [-0.3, -0.25) is 9.78 Å². The molecule has 1 fully saturated rings. The maximum absolute atomic E-state index is 14.7. The highest BCUT2D eigenvalue weighted by Gasteiger charge is 2.65. The maximum atomic E-state index is 14.7. The Hall–Kier alpha value is -4.60. The number of carbonyl (C=O) groups excluding carboxylic acids is 1. The average Bonchev–Trinajstić information content (AvgIpc) is 3.22. The van der Waals surface area contributed by atoms with Crippen LogP contribution in [0, 0.1) is 24.7 Å². The second-order valence-corrected chi connectivity index (χ2v) is 17.5. The predicted octanol–water partition coefficient (Wildman–Crippen LogP) is 6.90. The highest BCUT2D eigenvalue weighted by atomic mass is 32.2. The Labute approximate surface area is 348 Å². The summed E-state index contributed by atoms with van der Waals surface area (Å²) in [5.74, 6) is -1.41. The first-order valence-corrected chi connectivity index (χ1v) is 22.0. The molecule has 0 saturated heterocycles. The summed E-state index contributed by atoms with van der Waals surface area (Å²) in [6.45, 7) is 9.93. The number of aliphatic hydroxyl groups excluding tert-OH is 2. The van der Waals surface area contributed by atoms with Crippen molar-refractivity contribution in [3.8, 4) is 11.5 Å². The summed E-state index contributed by atoms with van der Waals surface area (Å²) in [4.78, 5) is 22.1. The van der Waals surface area contributed by atoms with E-state index in [4.69, 9.17) is 19.0 Å². The van der Waals surface area contributed by atoms with Gasteiger partial charge in [-0.1, -0.05) is 36.2 Å². The fraction of sp³-hybridized carbons (Fsp3) is 0.489. The Morgan fingerprint density at radius 2 is 1.83 bits per heavy atom. The SMILES string of the molecule is C=CCOC12Oc3ccc(OCc4cccc(C)n4)cc3C3C(CCCCO)C(CCCCO)C=C(C(=NOCC)CC1N(C)S(=O)(=O)c1ccc(NC(C)=O)cc1)C32. The Kier molecular flexibility index (Phi) is 14.6. The number of nitrogens with one attached hydrogen (secondary N) is 1. The van der Waals surface area contributed by atoms with Gasteiger partial charge in [-0.2, -0.15) is 4.31 Å². The number of aryl methyl sites for hydroxylation is 1. The van der Waals surface area contributed by atoms with Crippen molar-refractivity contribution < 1.29 is 42.5 Å². The van der Waals surface area contributed by atoms with Gasteiger partial charge in [-0.05, 0) is 112 Å². The zero-order chi connectivity index (χ0) is 42.2. The predicted molar refractivity (Wildman–Crippen MR) is 226 cm³/mol. The number of allylic oxidation sites excluding steroid dienone is 1. The minimum absolute atomic E-state index is 0.00682. The van der Waals surface area contributed by atoms with Gasteiger partial charge in [-0.25, -0.2) is 8.42 Å². The number of benzene rings is 2. The molecule has 3 aliphatic rings. The van der Waals surface area contributed by atoms with Gasteiger partial charge >= 0.3 is 0 Å². The quantitative estimate of drug-likeness (QED) is 0.0619. The summed E-state index contributed by atoms with van der Waals surface area (Å²) in [6.07, 6.45) is 8.43. The Morgan fingerprint density at radius 3 is 2.51 bits per heavy atom. The van der Waals surface area contributed by atoms with Crippen LogP contribution in [-0.4, -0.2) is 84.8 Å². The number of pyridine rings is 1. The fourth-order valence-corrected chi connectivity index (χ4v) is 10.4. The van der Waals surface area contributed by atoms with Crippen molar-refractivity contribution in [1.82, 2.24) is 9.29 Å². The third kappa shape index (κ3) is 9.57. The second kappa shape index (κ2) is 19.6. The molecule has 1 amide bonds. The average molecular weight is 831 g/mol. The number of aliphatic hydroxyl groups is 2. The van der Waals surface area contributed by atoms with Crippen LogP contribution in [0.5, 0.6) is 11.5 Å². The summed E-state index contributed by atoms with van der Waals surface area (Å²) in [7, 11) is -2.66. The van der Waals surface area contributed by atoms with Gasteiger partial charge in [0, 0.05) is 56.5 Å². The number of hydrogen-bond acceptors (Lipinski definition) is 11. The summed E-state index contributed by atoms with van der Waals surface area (Å²) in [5.41, 5.74) is 4.56. The van der Waals surface area contributed by atoms with Crippen LogP contribution in [0.1, 0.15) is 81.7 Å². The van der Waals surface area contributed by atoms with Crippen LogP contribution < -0.4 is 14.8 Å². The van der Waals surface area contributed by atoms with E-state index < -0.39 is 27.8 Å². The van der Waals surface area contributed by atoms with E-state index in [-0.39, 0.29) is 61.4 Å². The number of likely N-dealkylation sites (N-methyl/N-ethyl adjacent to an activating group) is 1. The second-order valence-electron chi connectivity index (χ2n) is 15.5. The molecule has 6 atom stereocenters. The molecule has 13 nitrogen and oxygen atoms in total. The van der Waals surface area contributed by atoms with Crippen molar-refractivity contribution in [2.24, 2.45) is 22.9 Å². The third-order valence-electron chi connectivity index (χ3n) is 11.6. The first kappa shape index (κ1) is 44.0. The zero-order valence-corrected chi connectivity index (χ0v) is 35.3. The molecular weight excluding hydrogens is 773 g/mol. The molecule has 2 aliphatic carbocycles. The van der Waals surface area contributed by atoms with Gasteiger partial charge in [0.1, 0.15) is 24.7 Å². The number of fused-ring (bicyclic) bond motifs is 2. The van der Waals surface area contributed by atoms with E-state index in [1.165, 1.54) is 30.4 Å². The molecule has 0 radical (unpaired) electrons. The third-order valence-corrected chi connectivity index (χ3v) is 13.5. The molecule has 59 heavy (non-hydrogen) atoms. The number of ether oxygens (including phenoxy) is 3. The number of nitrogens with zero attached hydrogens (tertiary/aromatic N) is 3. The number of rotatable bonds is 20. The lowest BCUT2D eigenvalue weighted by Crippen LogP contribution is -2.69. The highest BCUT2D eigenvalue weighted by molar-refractivity contribution is 7.89. The Balaban J connectivity index is 1.54. The van der Waals surface area contributed by atoms with E-state index in [2.05, 4.69) is 28.1 Å². The van der Waals surface area contributed by atoms with Gasteiger partial charge in [0.2, 0.25) is 21.7 Å². The molecule has 6 rings (SSSR count). The van der Waals surface area contributed by atoms with Crippen molar-refractivity contribution in [2.75, 3.05) is 38.8 Å². The largest absolute Gasteiger partial charge is 0.487 e. The fourth-order valence-electron chi connectivity index (χ4n) is 9.02. The van der Waals surface area contributed by atoms with E-state index in [1.807, 2.05) is 50.2 Å². The van der Waals surface area contributed by atoms with Crippen LogP contribution in [0.3, 0.4) is 0 Å². The lowest BCUT2D eigenvalue weighted by molar-refractivity contribution is -0.250. The Morgan fingerprint density at radius 1 is 1.08 bits per heavy atom. The summed E-state index contributed by atoms with van der Waals surface area (Å²) >= 11 is 0. The maximum Gasteiger partial charge on any atom is 0.243 e. The van der Waals surface area contributed by atoms with Gasteiger partial charge in [0.25, 0.3) is 0 Å². The van der Waals surface area contributed by atoms with Gasteiger partial charge in [0.05, 0.1) is 34.9 Å². The molecule has 3 N–H and O–H groups in total. The normalized spacial score (nSPS) is 24.1. The molecule has 2 aromatic carbocycles. The number of anilines is 1. The number of oxime groups is 1. The molecule has 6 unspecified atom stereocenters. The number of carbonyl (C=O) groups is 1. The molecular formula is C45H58N4O9S. The number of aromatic nitrogens is 1. The molecule has 1 saturated carbocycles. The highest BCUT2D eigenvalue weighted by Crippen LogP contribution is 2.62. The van der Waals surface area contributed by atoms with Crippen LogP contribution in [-0.2, 0) is 31.0 Å². The van der Waals surface area contributed by atoms with Crippen LogP contribution >= 0.6 is 0 Å². The first-order chi connectivity index (χ1) is 28.5. The first-order valence-electron chi connectivity index (χ1n) is 20.6. The molecule has 3 aromatic rings. The van der Waals surface area contributed by atoms with Crippen molar-refractivity contribution in [1.29, 1.82) is 0 Å². The molecule has 1 aromatic heterocycles. The molecule has 14 heteroatoms. The minimum atomic E-state index is -4.20. The number of hydrogen-bond donors (Lipinski definition) is 3. The molecule has 318 valence electrons. The van der Waals surface area contributed by atoms with Crippen LogP contribution in [0.4, 0.5) is 5.69 Å². The van der Waals surface area contributed by atoms with Gasteiger partial charge in [0.15, 0.2) is 0 Å². The molecule has 0 bridgehead atoms. The Bertz CT molecular complexity index is 2110. The van der Waals surface area contributed by atoms with Crippen molar-refractivity contribution in [3.05, 3.63) is 102 Å². The summed E-state index contributed by atoms with van der Waals surface area (Å²) in [6, 6.07) is 16.7.